The van der Waals surface area contributed by atoms with Crippen LogP contribution in [0.15, 0.2) is 50.9 Å². The summed E-state index contributed by atoms with van der Waals surface area (Å²) in [6.45, 7) is 2.13. The van der Waals surface area contributed by atoms with Gasteiger partial charge in [-0.25, -0.2) is 0 Å². The lowest BCUT2D eigenvalue weighted by molar-refractivity contribution is 1.45. The molecule has 0 N–H and O–H groups in total. The standard InChI is InChI=1S/C11H10S2/c1-9-7-11(12-8-9)13-10-5-3-2-4-6-10/h2-8H,1H3. The molecule has 0 aliphatic rings. The molecule has 0 saturated carbocycles. The molecule has 0 saturated heterocycles. The highest BCUT2D eigenvalue weighted by Gasteiger charge is 1.98. The Labute approximate surface area is 86.6 Å². The quantitative estimate of drug-likeness (QED) is 0.709. The molecule has 0 aliphatic heterocycles. The highest BCUT2D eigenvalue weighted by Crippen LogP contribution is 2.32. The highest BCUT2D eigenvalue weighted by molar-refractivity contribution is 8.01. The van der Waals surface area contributed by atoms with E-state index in [9.17, 15) is 0 Å². The van der Waals surface area contributed by atoms with Gasteiger partial charge in [0, 0.05) is 4.90 Å². The van der Waals surface area contributed by atoms with Gasteiger partial charge in [-0.05, 0) is 36.1 Å². The lowest BCUT2D eigenvalue weighted by Crippen LogP contribution is -1.66. The Morgan fingerprint density at radius 1 is 1.15 bits per heavy atom. The summed E-state index contributed by atoms with van der Waals surface area (Å²) in [4.78, 5) is 1.31. The average Bonchev–Trinajstić information content (AvgIpc) is 2.53. The van der Waals surface area contributed by atoms with Gasteiger partial charge in [0.15, 0.2) is 0 Å². The van der Waals surface area contributed by atoms with Crippen molar-refractivity contribution in [1.29, 1.82) is 0 Å². The number of thiophene rings is 1. The van der Waals surface area contributed by atoms with Crippen molar-refractivity contribution in [1.82, 2.24) is 0 Å². The van der Waals surface area contributed by atoms with Crippen LogP contribution in [-0.2, 0) is 0 Å². The molecule has 1 heterocycles. The second kappa shape index (κ2) is 3.99. The van der Waals surface area contributed by atoms with Crippen molar-refractivity contribution in [3.8, 4) is 0 Å². The highest BCUT2D eigenvalue weighted by atomic mass is 32.2. The molecule has 0 unspecified atom stereocenters. The summed E-state index contributed by atoms with van der Waals surface area (Å²) in [7, 11) is 0. The molecule has 0 aliphatic carbocycles. The molecule has 2 rings (SSSR count). The van der Waals surface area contributed by atoms with Crippen LogP contribution in [0.25, 0.3) is 0 Å². The zero-order valence-corrected chi connectivity index (χ0v) is 8.99. The molecule has 2 aromatic rings. The van der Waals surface area contributed by atoms with E-state index in [0.29, 0.717) is 0 Å². The Morgan fingerprint density at radius 2 is 1.92 bits per heavy atom. The lowest BCUT2D eigenvalue weighted by atomic mass is 10.4. The van der Waals surface area contributed by atoms with Crippen LogP contribution in [0.3, 0.4) is 0 Å². The van der Waals surface area contributed by atoms with E-state index in [4.69, 9.17) is 0 Å². The molecule has 1 aromatic carbocycles. The lowest BCUT2D eigenvalue weighted by Gasteiger charge is -1.95. The van der Waals surface area contributed by atoms with Gasteiger partial charge in [0.2, 0.25) is 0 Å². The summed E-state index contributed by atoms with van der Waals surface area (Å²) in [6, 6.07) is 12.7. The molecule has 0 amide bonds. The third-order valence-corrected chi connectivity index (χ3v) is 3.87. The Balaban J connectivity index is 2.15. The number of aryl methyl sites for hydroxylation is 1. The van der Waals surface area contributed by atoms with Crippen LogP contribution >= 0.6 is 23.1 Å². The predicted octanol–water partition coefficient (Wildman–Crippen LogP) is 4.21. The van der Waals surface area contributed by atoms with Crippen LogP contribution in [0.1, 0.15) is 5.56 Å². The van der Waals surface area contributed by atoms with Crippen LogP contribution in [0, 0.1) is 6.92 Å². The zero-order chi connectivity index (χ0) is 9.10. The predicted molar refractivity (Wildman–Crippen MR) is 59.6 cm³/mol. The second-order valence-corrected chi connectivity index (χ2v) is 5.14. The molecule has 0 nitrogen and oxygen atoms in total. The largest absolute Gasteiger partial charge is 0.137 e. The Morgan fingerprint density at radius 3 is 2.54 bits per heavy atom. The van der Waals surface area contributed by atoms with Crippen LogP contribution in [0.2, 0.25) is 0 Å². The number of hydrogen-bond acceptors (Lipinski definition) is 2. The molecule has 66 valence electrons. The minimum Gasteiger partial charge on any atom is -0.137 e. The van der Waals surface area contributed by atoms with Crippen molar-refractivity contribution >= 4 is 23.1 Å². The maximum atomic E-state index is 2.22. The average molecular weight is 206 g/mol. The first kappa shape index (κ1) is 8.85. The van der Waals surface area contributed by atoms with Gasteiger partial charge in [0.05, 0.1) is 4.21 Å². The van der Waals surface area contributed by atoms with Crippen molar-refractivity contribution in [3.05, 3.63) is 47.3 Å². The van der Waals surface area contributed by atoms with Gasteiger partial charge >= 0.3 is 0 Å². The Hall–Kier alpha value is -0.730. The Kier molecular flexibility index (Phi) is 2.71. The first-order chi connectivity index (χ1) is 6.34. The van der Waals surface area contributed by atoms with Crippen LogP contribution in [-0.4, -0.2) is 0 Å². The van der Waals surface area contributed by atoms with E-state index in [0.717, 1.165) is 0 Å². The fourth-order valence-corrected chi connectivity index (χ4v) is 3.08. The topological polar surface area (TPSA) is 0 Å². The zero-order valence-electron chi connectivity index (χ0n) is 7.36. The maximum absolute atomic E-state index is 2.22. The van der Waals surface area contributed by atoms with Crippen molar-refractivity contribution in [2.24, 2.45) is 0 Å². The summed E-state index contributed by atoms with van der Waals surface area (Å²) in [5.41, 5.74) is 1.35. The van der Waals surface area contributed by atoms with E-state index >= 15 is 0 Å². The minimum absolute atomic E-state index is 1.31. The Bertz CT molecular complexity index is 376. The SMILES string of the molecule is Cc1csc(Sc2ccccc2)c1. The molecule has 0 radical (unpaired) electrons. The smallest absolute Gasteiger partial charge is 0.0648 e. The normalized spacial score (nSPS) is 10.2. The van der Waals surface area contributed by atoms with E-state index in [1.807, 2.05) is 29.2 Å². The molecular weight excluding hydrogens is 196 g/mol. The summed E-state index contributed by atoms with van der Waals surface area (Å²) < 4.78 is 1.36. The van der Waals surface area contributed by atoms with Crippen molar-refractivity contribution in [3.63, 3.8) is 0 Å². The van der Waals surface area contributed by atoms with Gasteiger partial charge in [-0.15, -0.1) is 11.3 Å². The monoisotopic (exact) mass is 206 g/mol. The van der Waals surface area contributed by atoms with Crippen molar-refractivity contribution < 1.29 is 0 Å². The van der Waals surface area contributed by atoms with E-state index in [1.165, 1.54) is 14.7 Å². The van der Waals surface area contributed by atoms with Crippen molar-refractivity contribution in [2.45, 2.75) is 16.0 Å². The van der Waals surface area contributed by atoms with Crippen molar-refractivity contribution in [2.75, 3.05) is 0 Å². The number of benzene rings is 1. The van der Waals surface area contributed by atoms with E-state index in [1.54, 1.807) is 0 Å². The molecule has 2 heteroatoms. The van der Waals surface area contributed by atoms with E-state index in [2.05, 4.69) is 42.6 Å². The van der Waals surface area contributed by atoms with Crippen LogP contribution in [0.4, 0.5) is 0 Å². The van der Waals surface area contributed by atoms with E-state index < -0.39 is 0 Å². The molecule has 0 bridgehead atoms. The minimum atomic E-state index is 1.31. The summed E-state index contributed by atoms with van der Waals surface area (Å²) in [6.07, 6.45) is 0. The molecule has 0 fully saturated rings. The summed E-state index contributed by atoms with van der Waals surface area (Å²) >= 11 is 3.63. The first-order valence-electron chi connectivity index (χ1n) is 4.12. The molecule has 0 spiro atoms. The van der Waals surface area contributed by atoms with Gasteiger partial charge in [-0.2, -0.15) is 0 Å². The summed E-state index contributed by atoms with van der Waals surface area (Å²) in [5, 5.41) is 2.19. The van der Waals surface area contributed by atoms with Gasteiger partial charge in [-0.3, -0.25) is 0 Å². The van der Waals surface area contributed by atoms with Gasteiger partial charge in [-0.1, -0.05) is 30.0 Å². The second-order valence-electron chi connectivity index (χ2n) is 2.86. The molecule has 1 aromatic heterocycles. The maximum Gasteiger partial charge on any atom is 0.0648 e. The van der Waals surface area contributed by atoms with Crippen LogP contribution < -0.4 is 0 Å². The number of rotatable bonds is 2. The first-order valence-corrected chi connectivity index (χ1v) is 5.82. The van der Waals surface area contributed by atoms with Crippen LogP contribution in [0.5, 0.6) is 0 Å². The van der Waals surface area contributed by atoms with Gasteiger partial charge in [0.1, 0.15) is 0 Å². The third kappa shape index (κ3) is 2.36. The number of hydrogen-bond donors (Lipinski definition) is 0. The fraction of sp³-hybridized carbons (Fsp3) is 0.0909. The molecular formula is C11H10S2. The summed E-state index contributed by atoms with van der Waals surface area (Å²) in [5.74, 6) is 0. The van der Waals surface area contributed by atoms with Gasteiger partial charge < -0.3 is 0 Å². The fourth-order valence-electron chi connectivity index (χ4n) is 1.06. The molecule has 0 atom stereocenters. The molecule has 13 heavy (non-hydrogen) atoms. The van der Waals surface area contributed by atoms with Gasteiger partial charge in [0.25, 0.3) is 0 Å². The third-order valence-electron chi connectivity index (χ3n) is 1.67. The van der Waals surface area contributed by atoms with E-state index in [-0.39, 0.29) is 0 Å².